The van der Waals surface area contributed by atoms with E-state index in [1.165, 1.54) is 96.0 Å². The highest BCUT2D eigenvalue weighted by Crippen LogP contribution is 2.63. The molecule has 0 saturated heterocycles. The van der Waals surface area contributed by atoms with Gasteiger partial charge in [-0.1, -0.05) is 100 Å². The van der Waals surface area contributed by atoms with Crippen molar-refractivity contribution in [2.24, 2.45) is 0 Å². The minimum Gasteiger partial charge on any atom is -0.135 e. The molecule has 0 bridgehead atoms. The Labute approximate surface area is 313 Å². The monoisotopic (exact) mass is 704 g/mol. The van der Waals surface area contributed by atoms with Crippen molar-refractivity contribution in [3.05, 3.63) is 154 Å². The standard InChI is InChI=1S/C50H40S2/c1-27-21-31(29-15-17-35-33-11-7-9-13-41(33)51-43(35)25-29)23-39-45(27)37-19-20-38-46-28(2)22-32(24-40(46)50(5,6)48(38)47(37)49(39,3)4)30-16-18-36-34-12-8-10-14-42(34)52-44(36)26-30/h7-18,21-26H,19-20H2,1-6H3. The number of allylic oxidation sites excluding steroid dienone is 4. The molecule has 252 valence electrons. The summed E-state index contributed by atoms with van der Waals surface area (Å²) in [4.78, 5) is 0. The van der Waals surface area contributed by atoms with Crippen LogP contribution in [-0.2, 0) is 10.8 Å². The summed E-state index contributed by atoms with van der Waals surface area (Å²) in [6.07, 6.45) is 2.22. The Morgan fingerprint density at radius 2 is 0.827 bits per heavy atom. The predicted molar refractivity (Wildman–Crippen MR) is 228 cm³/mol. The lowest BCUT2D eigenvalue weighted by atomic mass is 9.67. The summed E-state index contributed by atoms with van der Waals surface area (Å²) in [7, 11) is 0. The molecule has 3 aliphatic carbocycles. The van der Waals surface area contributed by atoms with Crippen LogP contribution in [0.5, 0.6) is 0 Å². The number of hydrogen-bond donors (Lipinski definition) is 0. The molecule has 52 heavy (non-hydrogen) atoms. The number of aryl methyl sites for hydroxylation is 2. The number of rotatable bonds is 2. The Bertz CT molecular complexity index is 2760. The van der Waals surface area contributed by atoms with E-state index in [1.54, 1.807) is 22.3 Å². The normalized spacial score (nSPS) is 17.0. The van der Waals surface area contributed by atoms with Gasteiger partial charge in [-0.25, -0.2) is 0 Å². The van der Waals surface area contributed by atoms with E-state index in [0.29, 0.717) is 0 Å². The van der Waals surface area contributed by atoms with Crippen molar-refractivity contribution in [3.8, 4) is 22.3 Å². The van der Waals surface area contributed by atoms with Gasteiger partial charge in [-0.2, -0.15) is 0 Å². The summed E-state index contributed by atoms with van der Waals surface area (Å²) in [5.74, 6) is 0. The van der Waals surface area contributed by atoms with Gasteiger partial charge in [0.15, 0.2) is 0 Å². The topological polar surface area (TPSA) is 0 Å². The molecule has 0 fully saturated rings. The lowest BCUT2D eigenvalue weighted by molar-refractivity contribution is 0.579. The molecule has 0 N–H and O–H groups in total. The minimum atomic E-state index is -0.0869. The summed E-state index contributed by atoms with van der Waals surface area (Å²) in [5, 5.41) is 5.45. The second-order valence-corrected chi connectivity index (χ2v) is 18.7. The lowest BCUT2D eigenvalue weighted by Gasteiger charge is -2.35. The molecule has 0 radical (unpaired) electrons. The Morgan fingerprint density at radius 1 is 0.423 bits per heavy atom. The molecule has 0 atom stereocenters. The van der Waals surface area contributed by atoms with E-state index in [0.717, 1.165) is 12.8 Å². The fourth-order valence-corrected chi connectivity index (χ4v) is 12.7. The largest absolute Gasteiger partial charge is 0.135 e. The van der Waals surface area contributed by atoms with E-state index in [2.05, 4.69) is 151 Å². The minimum absolute atomic E-state index is 0.0869. The zero-order valence-electron chi connectivity index (χ0n) is 30.6. The fraction of sp³-hybridized carbons (Fsp3) is 0.200. The summed E-state index contributed by atoms with van der Waals surface area (Å²) in [6.45, 7) is 14.7. The molecule has 0 unspecified atom stereocenters. The molecule has 3 aliphatic rings. The van der Waals surface area contributed by atoms with Gasteiger partial charge < -0.3 is 0 Å². The van der Waals surface area contributed by atoms with Crippen LogP contribution in [0.25, 0.3) is 73.7 Å². The first-order valence-corrected chi connectivity index (χ1v) is 20.3. The van der Waals surface area contributed by atoms with Crippen LogP contribution in [0.2, 0.25) is 0 Å². The second kappa shape index (κ2) is 10.4. The summed E-state index contributed by atoms with van der Waals surface area (Å²) >= 11 is 3.82. The van der Waals surface area contributed by atoms with Gasteiger partial charge in [-0.05, 0) is 141 Å². The molecule has 0 saturated carbocycles. The Morgan fingerprint density at radius 3 is 1.27 bits per heavy atom. The van der Waals surface area contributed by atoms with Gasteiger partial charge in [0.25, 0.3) is 0 Å². The lowest BCUT2D eigenvalue weighted by Crippen LogP contribution is -2.27. The van der Waals surface area contributed by atoms with Crippen molar-refractivity contribution in [2.75, 3.05) is 0 Å². The first-order chi connectivity index (χ1) is 25.1. The molecule has 2 heteroatoms. The van der Waals surface area contributed by atoms with E-state index in [9.17, 15) is 0 Å². The highest BCUT2D eigenvalue weighted by Gasteiger charge is 2.50. The SMILES string of the molecule is Cc1cc(-c2ccc3c(c2)sc2ccccc23)cc2c1C1=C(C3=C(CC1)c1c(C)cc(-c4ccc5c(c4)sc4ccccc45)cc1C3(C)C)C2(C)C. The van der Waals surface area contributed by atoms with Gasteiger partial charge in [0.1, 0.15) is 0 Å². The van der Waals surface area contributed by atoms with Gasteiger partial charge in [-0.3, -0.25) is 0 Å². The Kier molecular flexibility index (Phi) is 6.19. The van der Waals surface area contributed by atoms with E-state index in [-0.39, 0.29) is 10.8 Å². The zero-order chi connectivity index (χ0) is 35.3. The number of fused-ring (bicyclic) bond motifs is 11. The summed E-state index contributed by atoms with van der Waals surface area (Å²) in [6, 6.07) is 41.8. The molecule has 2 aromatic heterocycles. The predicted octanol–water partition coefficient (Wildman–Crippen LogP) is 15.0. The van der Waals surface area contributed by atoms with Crippen LogP contribution in [0.15, 0.2) is 120 Å². The molecule has 2 heterocycles. The third kappa shape index (κ3) is 4.03. The molecular formula is C50H40S2. The van der Waals surface area contributed by atoms with Crippen LogP contribution in [0, 0.1) is 13.8 Å². The van der Waals surface area contributed by atoms with Crippen LogP contribution >= 0.6 is 22.7 Å². The third-order valence-electron chi connectivity index (χ3n) is 12.8. The Hall–Kier alpha value is -4.76. The van der Waals surface area contributed by atoms with Crippen molar-refractivity contribution in [1.82, 2.24) is 0 Å². The van der Waals surface area contributed by atoms with E-state index < -0.39 is 0 Å². The smallest absolute Gasteiger partial charge is 0.0361 e. The number of benzene rings is 6. The maximum atomic E-state index is 2.54. The number of thiophene rings is 2. The molecule has 0 amide bonds. The van der Waals surface area contributed by atoms with E-state index >= 15 is 0 Å². The molecule has 8 aromatic rings. The van der Waals surface area contributed by atoms with Crippen molar-refractivity contribution in [2.45, 2.75) is 65.2 Å². The van der Waals surface area contributed by atoms with Gasteiger partial charge in [-0.15, -0.1) is 22.7 Å². The van der Waals surface area contributed by atoms with E-state index in [4.69, 9.17) is 0 Å². The van der Waals surface area contributed by atoms with Crippen molar-refractivity contribution in [1.29, 1.82) is 0 Å². The van der Waals surface area contributed by atoms with Crippen LogP contribution in [0.4, 0.5) is 0 Å². The Balaban J connectivity index is 1.01. The van der Waals surface area contributed by atoms with Crippen LogP contribution in [-0.4, -0.2) is 0 Å². The molecule has 0 nitrogen and oxygen atoms in total. The van der Waals surface area contributed by atoms with Crippen LogP contribution in [0.3, 0.4) is 0 Å². The second-order valence-electron chi connectivity index (χ2n) is 16.5. The van der Waals surface area contributed by atoms with Gasteiger partial charge in [0, 0.05) is 51.2 Å². The average molecular weight is 705 g/mol. The molecule has 11 rings (SSSR count). The van der Waals surface area contributed by atoms with Gasteiger partial charge in [0.05, 0.1) is 0 Å². The highest BCUT2D eigenvalue weighted by atomic mass is 32.1. The average Bonchev–Trinajstić information content (AvgIpc) is 3.83. The van der Waals surface area contributed by atoms with Gasteiger partial charge in [0.2, 0.25) is 0 Å². The first-order valence-electron chi connectivity index (χ1n) is 18.7. The zero-order valence-corrected chi connectivity index (χ0v) is 32.3. The molecule has 0 spiro atoms. The van der Waals surface area contributed by atoms with Crippen LogP contribution < -0.4 is 0 Å². The quantitative estimate of drug-likeness (QED) is 0.168. The molecular weight excluding hydrogens is 665 g/mol. The highest BCUT2D eigenvalue weighted by molar-refractivity contribution is 7.26. The third-order valence-corrected chi connectivity index (χ3v) is 15.0. The van der Waals surface area contributed by atoms with Crippen molar-refractivity contribution in [3.63, 3.8) is 0 Å². The van der Waals surface area contributed by atoms with Crippen LogP contribution in [0.1, 0.15) is 73.9 Å². The summed E-state index contributed by atoms with van der Waals surface area (Å²) < 4.78 is 5.46. The number of hydrogen-bond acceptors (Lipinski definition) is 2. The van der Waals surface area contributed by atoms with Crippen molar-refractivity contribution >= 4 is 74.2 Å². The van der Waals surface area contributed by atoms with Gasteiger partial charge >= 0.3 is 0 Å². The first kappa shape index (κ1) is 30.8. The van der Waals surface area contributed by atoms with E-state index in [1.807, 2.05) is 22.7 Å². The molecule has 6 aromatic carbocycles. The maximum Gasteiger partial charge on any atom is 0.0361 e. The molecule has 0 aliphatic heterocycles. The fourth-order valence-electron chi connectivity index (χ4n) is 10.5. The summed E-state index contributed by atoms with van der Waals surface area (Å²) in [5.41, 5.74) is 20.4. The van der Waals surface area contributed by atoms with Crippen molar-refractivity contribution < 1.29 is 0 Å². The maximum absolute atomic E-state index is 2.54.